The molecule has 2 aromatic rings. The summed E-state index contributed by atoms with van der Waals surface area (Å²) in [5, 5.41) is 2.58. The average Bonchev–Trinajstić information content (AvgIpc) is 2.71. The lowest BCUT2D eigenvalue weighted by molar-refractivity contribution is -0.146. The summed E-state index contributed by atoms with van der Waals surface area (Å²) in [5.74, 6) is -0.587. The van der Waals surface area contributed by atoms with Crippen LogP contribution in [0.4, 0.5) is 5.69 Å². The Balaban J connectivity index is 1.45. The highest BCUT2D eigenvalue weighted by atomic mass is 32.2. The van der Waals surface area contributed by atoms with E-state index in [1.807, 2.05) is 6.92 Å². The minimum absolute atomic E-state index is 0.146. The van der Waals surface area contributed by atoms with Crippen molar-refractivity contribution in [2.45, 2.75) is 18.2 Å². The molecular weight excluding hydrogens is 398 g/mol. The smallest absolute Gasteiger partial charge is 0.307 e. The first-order valence-electron chi connectivity index (χ1n) is 8.98. The topological polar surface area (TPSA) is 108 Å². The van der Waals surface area contributed by atoms with Crippen LogP contribution in [0.2, 0.25) is 0 Å². The Labute approximate surface area is 168 Å². The van der Waals surface area contributed by atoms with E-state index in [1.165, 1.54) is 12.1 Å². The fourth-order valence-corrected chi connectivity index (χ4v) is 3.84. The van der Waals surface area contributed by atoms with Gasteiger partial charge in [-0.25, -0.2) is 8.42 Å². The van der Waals surface area contributed by atoms with Gasteiger partial charge in [-0.3, -0.25) is 9.59 Å². The van der Waals surface area contributed by atoms with Crippen molar-refractivity contribution in [1.29, 1.82) is 0 Å². The van der Waals surface area contributed by atoms with Crippen molar-refractivity contribution < 1.29 is 32.2 Å². The average molecular weight is 419 g/mol. The zero-order chi connectivity index (χ0) is 20.9. The number of amides is 1. The highest BCUT2D eigenvalue weighted by Crippen LogP contribution is 2.32. The second-order valence-electron chi connectivity index (χ2n) is 6.45. The third-order valence-corrected chi connectivity index (χ3v) is 5.88. The first-order chi connectivity index (χ1) is 13.8. The number of nitrogens with one attached hydrogen (secondary N) is 1. The van der Waals surface area contributed by atoms with Crippen molar-refractivity contribution in [3.05, 3.63) is 48.0 Å². The van der Waals surface area contributed by atoms with E-state index in [0.717, 1.165) is 5.56 Å². The molecule has 0 bridgehead atoms. The van der Waals surface area contributed by atoms with E-state index in [2.05, 4.69) is 5.32 Å². The minimum Gasteiger partial charge on any atom is -0.486 e. The van der Waals surface area contributed by atoms with Gasteiger partial charge in [-0.05, 0) is 31.2 Å². The van der Waals surface area contributed by atoms with Crippen molar-refractivity contribution in [1.82, 2.24) is 0 Å². The summed E-state index contributed by atoms with van der Waals surface area (Å²) >= 11 is 0. The van der Waals surface area contributed by atoms with Crippen LogP contribution in [-0.4, -0.2) is 45.9 Å². The molecule has 154 valence electrons. The molecule has 1 aliphatic heterocycles. The molecule has 0 aliphatic carbocycles. The van der Waals surface area contributed by atoms with E-state index in [1.54, 1.807) is 30.3 Å². The maximum absolute atomic E-state index is 12.2. The van der Waals surface area contributed by atoms with Crippen molar-refractivity contribution in [2.24, 2.45) is 0 Å². The van der Waals surface area contributed by atoms with Crippen molar-refractivity contribution in [3.8, 4) is 11.5 Å². The van der Waals surface area contributed by atoms with Gasteiger partial charge in [0.25, 0.3) is 5.91 Å². The number of aryl methyl sites for hydroxylation is 1. The SMILES string of the molecule is Cc1ccc(S(=O)(=O)CCC(=O)OCC(=O)Nc2ccc3c(c2)OCCO3)cc1. The molecule has 0 saturated heterocycles. The van der Waals surface area contributed by atoms with Crippen LogP contribution in [0.15, 0.2) is 47.4 Å². The van der Waals surface area contributed by atoms with Crippen molar-refractivity contribution >= 4 is 27.4 Å². The molecule has 0 radical (unpaired) electrons. The Morgan fingerprint density at radius 3 is 2.45 bits per heavy atom. The van der Waals surface area contributed by atoms with Gasteiger partial charge in [0.1, 0.15) is 13.2 Å². The van der Waals surface area contributed by atoms with E-state index in [0.29, 0.717) is 30.4 Å². The summed E-state index contributed by atoms with van der Waals surface area (Å²) in [6.07, 6.45) is -0.340. The number of ether oxygens (including phenoxy) is 3. The van der Waals surface area contributed by atoms with Crippen LogP contribution in [0.1, 0.15) is 12.0 Å². The Bertz CT molecular complexity index is 1000. The standard InChI is InChI=1S/C20H21NO7S/c1-14-2-5-16(6-3-14)29(24,25)11-8-20(23)28-13-19(22)21-15-4-7-17-18(12-15)27-10-9-26-17/h2-7,12H,8-11,13H2,1H3,(H,21,22). The first kappa shape index (κ1) is 20.7. The van der Waals surface area contributed by atoms with E-state index >= 15 is 0 Å². The first-order valence-corrected chi connectivity index (χ1v) is 10.6. The molecular formula is C20H21NO7S. The zero-order valence-electron chi connectivity index (χ0n) is 15.8. The molecule has 29 heavy (non-hydrogen) atoms. The number of esters is 1. The van der Waals surface area contributed by atoms with Gasteiger partial charge in [0.2, 0.25) is 0 Å². The normalized spacial score (nSPS) is 12.9. The molecule has 2 aromatic carbocycles. The Kier molecular flexibility index (Phi) is 6.38. The van der Waals surface area contributed by atoms with Crippen LogP contribution < -0.4 is 14.8 Å². The van der Waals surface area contributed by atoms with Crippen molar-refractivity contribution in [3.63, 3.8) is 0 Å². The predicted molar refractivity (Wildman–Crippen MR) is 105 cm³/mol. The van der Waals surface area contributed by atoms with Gasteiger partial charge in [-0.15, -0.1) is 0 Å². The highest BCUT2D eigenvalue weighted by molar-refractivity contribution is 7.91. The number of carbonyl (C=O) groups excluding carboxylic acids is 2. The van der Waals surface area contributed by atoms with Crippen LogP contribution in [0, 0.1) is 6.92 Å². The van der Waals surface area contributed by atoms with Gasteiger partial charge in [0.05, 0.1) is 17.1 Å². The second-order valence-corrected chi connectivity index (χ2v) is 8.56. The van der Waals surface area contributed by atoms with Crippen LogP contribution >= 0.6 is 0 Å². The third-order valence-electron chi connectivity index (χ3n) is 4.15. The Morgan fingerprint density at radius 2 is 1.72 bits per heavy atom. The van der Waals surface area contributed by atoms with Crippen molar-refractivity contribution in [2.75, 3.05) is 30.9 Å². The molecule has 1 heterocycles. The van der Waals surface area contributed by atoms with Gasteiger partial charge in [0.15, 0.2) is 27.9 Å². The molecule has 9 heteroatoms. The number of benzene rings is 2. The molecule has 0 spiro atoms. The maximum Gasteiger partial charge on any atom is 0.307 e. The van der Waals surface area contributed by atoms with Crippen LogP contribution in [0.5, 0.6) is 11.5 Å². The van der Waals surface area contributed by atoms with E-state index in [-0.39, 0.29) is 11.3 Å². The number of fused-ring (bicyclic) bond motifs is 1. The van der Waals surface area contributed by atoms with Gasteiger partial charge >= 0.3 is 5.97 Å². The number of rotatable bonds is 7. The fraction of sp³-hybridized carbons (Fsp3) is 0.300. The highest BCUT2D eigenvalue weighted by Gasteiger charge is 2.18. The van der Waals surface area contributed by atoms with E-state index in [9.17, 15) is 18.0 Å². The van der Waals surface area contributed by atoms with Gasteiger partial charge in [-0.1, -0.05) is 17.7 Å². The summed E-state index contributed by atoms with van der Waals surface area (Å²) in [5.41, 5.74) is 1.41. The molecule has 0 unspecified atom stereocenters. The lowest BCUT2D eigenvalue weighted by atomic mass is 10.2. The molecule has 1 aliphatic rings. The lowest BCUT2D eigenvalue weighted by Crippen LogP contribution is -2.22. The van der Waals surface area contributed by atoms with E-state index in [4.69, 9.17) is 14.2 Å². The molecule has 1 amide bonds. The Morgan fingerprint density at radius 1 is 1.03 bits per heavy atom. The molecule has 8 nitrogen and oxygen atoms in total. The molecule has 1 N–H and O–H groups in total. The summed E-state index contributed by atoms with van der Waals surface area (Å²) in [7, 11) is -3.60. The largest absolute Gasteiger partial charge is 0.486 e. The van der Waals surface area contributed by atoms with E-state index < -0.39 is 34.1 Å². The van der Waals surface area contributed by atoms with Crippen LogP contribution in [0.25, 0.3) is 0 Å². The minimum atomic E-state index is -3.60. The molecule has 0 saturated carbocycles. The number of hydrogen-bond donors (Lipinski definition) is 1. The quantitative estimate of drug-likeness (QED) is 0.685. The molecule has 0 atom stereocenters. The summed E-state index contributed by atoms with van der Waals surface area (Å²) in [6.45, 7) is 2.23. The fourth-order valence-electron chi connectivity index (χ4n) is 2.62. The Hall–Kier alpha value is -3.07. The number of sulfone groups is 1. The van der Waals surface area contributed by atoms with Crippen LogP contribution in [-0.2, 0) is 24.2 Å². The third kappa shape index (κ3) is 5.71. The number of anilines is 1. The monoisotopic (exact) mass is 419 g/mol. The number of hydrogen-bond acceptors (Lipinski definition) is 7. The van der Waals surface area contributed by atoms with Crippen LogP contribution in [0.3, 0.4) is 0 Å². The zero-order valence-corrected chi connectivity index (χ0v) is 16.7. The summed E-state index contributed by atoms with van der Waals surface area (Å²) in [6, 6.07) is 11.3. The molecule has 0 aromatic heterocycles. The van der Waals surface area contributed by atoms with Gasteiger partial charge < -0.3 is 19.5 Å². The summed E-state index contributed by atoms with van der Waals surface area (Å²) < 4.78 is 40.2. The lowest BCUT2D eigenvalue weighted by Gasteiger charge is -2.19. The number of carbonyl (C=O) groups is 2. The molecule has 0 fully saturated rings. The van der Waals surface area contributed by atoms with Gasteiger partial charge in [-0.2, -0.15) is 0 Å². The second kappa shape index (κ2) is 8.95. The van der Waals surface area contributed by atoms with Gasteiger partial charge in [0, 0.05) is 11.8 Å². The molecule has 3 rings (SSSR count). The predicted octanol–water partition coefficient (Wildman–Crippen LogP) is 2.11. The maximum atomic E-state index is 12.2. The summed E-state index contributed by atoms with van der Waals surface area (Å²) in [4.78, 5) is 23.9.